The molecule has 4 heteroatoms. The Morgan fingerprint density at radius 3 is 2.47 bits per heavy atom. The van der Waals surface area contributed by atoms with Crippen molar-refractivity contribution >= 4 is 17.3 Å². The van der Waals surface area contributed by atoms with Crippen LogP contribution in [0, 0.1) is 0 Å². The van der Waals surface area contributed by atoms with E-state index in [0.29, 0.717) is 12.1 Å². The van der Waals surface area contributed by atoms with Gasteiger partial charge in [-0.3, -0.25) is 4.79 Å². The van der Waals surface area contributed by atoms with Crippen LogP contribution < -0.4 is 11.1 Å². The lowest BCUT2D eigenvalue weighted by Crippen LogP contribution is -2.15. The van der Waals surface area contributed by atoms with Crippen molar-refractivity contribution in [1.82, 2.24) is 4.90 Å². The molecule has 0 saturated heterocycles. The maximum absolute atomic E-state index is 11.6. The second kappa shape index (κ2) is 6.91. The number of unbranched alkanes of at least 4 members (excludes halogenated alkanes) is 1. The summed E-state index contributed by atoms with van der Waals surface area (Å²) in [5.41, 5.74) is 7.07. The van der Waals surface area contributed by atoms with Gasteiger partial charge in [0, 0.05) is 17.8 Å². The fraction of sp³-hybridized carbons (Fsp3) is 0.462. The average Bonchev–Trinajstić information content (AvgIpc) is 2.27. The summed E-state index contributed by atoms with van der Waals surface area (Å²) < 4.78 is 0. The van der Waals surface area contributed by atoms with Gasteiger partial charge in [-0.05, 0) is 57.7 Å². The molecule has 0 spiro atoms. The maximum Gasteiger partial charge on any atom is 0.224 e. The van der Waals surface area contributed by atoms with E-state index < -0.39 is 0 Å². The highest BCUT2D eigenvalue weighted by atomic mass is 16.1. The summed E-state index contributed by atoms with van der Waals surface area (Å²) in [7, 11) is 4.07. The highest BCUT2D eigenvalue weighted by Crippen LogP contribution is 2.11. The Morgan fingerprint density at radius 2 is 1.88 bits per heavy atom. The second-order valence-electron chi connectivity index (χ2n) is 4.43. The zero-order valence-electron chi connectivity index (χ0n) is 10.6. The predicted molar refractivity (Wildman–Crippen MR) is 71.9 cm³/mol. The van der Waals surface area contributed by atoms with Gasteiger partial charge in [0.1, 0.15) is 0 Å². The lowest BCUT2D eigenvalue weighted by Gasteiger charge is -2.09. The van der Waals surface area contributed by atoms with E-state index in [1.165, 1.54) is 0 Å². The minimum Gasteiger partial charge on any atom is -0.399 e. The highest BCUT2D eigenvalue weighted by molar-refractivity contribution is 5.90. The molecule has 0 aliphatic carbocycles. The van der Waals surface area contributed by atoms with Crippen LogP contribution in [0.15, 0.2) is 24.3 Å². The van der Waals surface area contributed by atoms with Gasteiger partial charge in [-0.2, -0.15) is 0 Å². The predicted octanol–water partition coefficient (Wildman–Crippen LogP) is 1.94. The molecule has 17 heavy (non-hydrogen) atoms. The van der Waals surface area contributed by atoms with Gasteiger partial charge < -0.3 is 16.0 Å². The van der Waals surface area contributed by atoms with Gasteiger partial charge in [0.25, 0.3) is 0 Å². The summed E-state index contributed by atoms with van der Waals surface area (Å²) >= 11 is 0. The van der Waals surface area contributed by atoms with E-state index in [1.54, 1.807) is 12.1 Å². The smallest absolute Gasteiger partial charge is 0.224 e. The molecule has 94 valence electrons. The summed E-state index contributed by atoms with van der Waals surface area (Å²) in [6, 6.07) is 7.18. The minimum absolute atomic E-state index is 0.0635. The fourth-order valence-corrected chi connectivity index (χ4v) is 1.50. The van der Waals surface area contributed by atoms with Crippen LogP contribution in [0.3, 0.4) is 0 Å². The van der Waals surface area contributed by atoms with E-state index >= 15 is 0 Å². The van der Waals surface area contributed by atoms with E-state index in [9.17, 15) is 4.79 Å². The van der Waals surface area contributed by atoms with Crippen molar-refractivity contribution in [2.24, 2.45) is 0 Å². The van der Waals surface area contributed by atoms with Gasteiger partial charge in [-0.15, -0.1) is 0 Å². The Hall–Kier alpha value is -1.55. The number of hydrogen-bond acceptors (Lipinski definition) is 3. The molecule has 3 N–H and O–H groups in total. The van der Waals surface area contributed by atoms with E-state index in [0.717, 1.165) is 25.1 Å². The molecular weight excluding hydrogens is 214 g/mol. The second-order valence-corrected chi connectivity index (χ2v) is 4.43. The number of nitrogens with one attached hydrogen (secondary N) is 1. The Labute approximate surface area is 103 Å². The molecule has 1 aromatic rings. The molecule has 1 amide bonds. The highest BCUT2D eigenvalue weighted by Gasteiger charge is 2.02. The quantitative estimate of drug-likeness (QED) is 0.585. The van der Waals surface area contributed by atoms with E-state index in [4.69, 9.17) is 5.73 Å². The van der Waals surface area contributed by atoms with Crippen LogP contribution in [0.2, 0.25) is 0 Å². The molecule has 0 heterocycles. The molecule has 0 aromatic heterocycles. The SMILES string of the molecule is CN(C)CCCCC(=O)Nc1ccc(N)cc1. The average molecular weight is 235 g/mol. The Morgan fingerprint density at radius 1 is 1.24 bits per heavy atom. The molecule has 0 bridgehead atoms. The molecule has 0 unspecified atom stereocenters. The number of nitrogens with two attached hydrogens (primary N) is 1. The number of benzene rings is 1. The fourth-order valence-electron chi connectivity index (χ4n) is 1.50. The van der Waals surface area contributed by atoms with Crippen LogP contribution >= 0.6 is 0 Å². The van der Waals surface area contributed by atoms with Crippen molar-refractivity contribution in [3.05, 3.63) is 24.3 Å². The van der Waals surface area contributed by atoms with Crippen molar-refractivity contribution in [3.63, 3.8) is 0 Å². The molecule has 0 saturated carbocycles. The number of amides is 1. The number of nitrogens with zero attached hydrogens (tertiary/aromatic N) is 1. The van der Waals surface area contributed by atoms with Crippen LogP contribution in [0.25, 0.3) is 0 Å². The van der Waals surface area contributed by atoms with E-state index in [-0.39, 0.29) is 5.91 Å². The third-order valence-corrected chi connectivity index (χ3v) is 2.45. The molecule has 0 fully saturated rings. The van der Waals surface area contributed by atoms with Gasteiger partial charge in [0.2, 0.25) is 5.91 Å². The van der Waals surface area contributed by atoms with Crippen LogP contribution in [0.1, 0.15) is 19.3 Å². The first-order valence-electron chi connectivity index (χ1n) is 5.88. The molecule has 0 radical (unpaired) electrons. The van der Waals surface area contributed by atoms with E-state index in [1.807, 2.05) is 26.2 Å². The number of hydrogen-bond donors (Lipinski definition) is 2. The number of carbonyl (C=O) groups is 1. The summed E-state index contributed by atoms with van der Waals surface area (Å²) in [6.07, 6.45) is 2.53. The van der Waals surface area contributed by atoms with Gasteiger partial charge in [0.05, 0.1) is 0 Å². The standard InChI is InChI=1S/C13H21N3O/c1-16(2)10-4-3-5-13(17)15-12-8-6-11(14)7-9-12/h6-9H,3-5,10,14H2,1-2H3,(H,15,17). The summed E-state index contributed by atoms with van der Waals surface area (Å²) in [4.78, 5) is 13.7. The van der Waals surface area contributed by atoms with Crippen LogP contribution in [-0.4, -0.2) is 31.4 Å². The topological polar surface area (TPSA) is 58.4 Å². The van der Waals surface area contributed by atoms with Crippen molar-refractivity contribution in [3.8, 4) is 0 Å². The monoisotopic (exact) mass is 235 g/mol. The number of anilines is 2. The van der Waals surface area contributed by atoms with Crippen molar-refractivity contribution < 1.29 is 4.79 Å². The Balaban J connectivity index is 2.23. The van der Waals surface area contributed by atoms with Crippen LogP contribution in [-0.2, 0) is 4.79 Å². The van der Waals surface area contributed by atoms with Crippen LogP contribution in [0.5, 0.6) is 0 Å². The lowest BCUT2D eigenvalue weighted by atomic mass is 10.2. The lowest BCUT2D eigenvalue weighted by molar-refractivity contribution is -0.116. The van der Waals surface area contributed by atoms with Gasteiger partial charge in [-0.25, -0.2) is 0 Å². The summed E-state index contributed by atoms with van der Waals surface area (Å²) in [6.45, 7) is 1.02. The van der Waals surface area contributed by atoms with Crippen molar-refractivity contribution in [2.45, 2.75) is 19.3 Å². The van der Waals surface area contributed by atoms with Gasteiger partial charge in [0.15, 0.2) is 0 Å². The number of carbonyl (C=O) groups excluding carboxylic acids is 1. The third kappa shape index (κ3) is 5.92. The normalized spacial score (nSPS) is 10.5. The van der Waals surface area contributed by atoms with E-state index in [2.05, 4.69) is 10.2 Å². The first-order chi connectivity index (χ1) is 8.08. The largest absolute Gasteiger partial charge is 0.399 e. The zero-order chi connectivity index (χ0) is 12.7. The zero-order valence-corrected chi connectivity index (χ0v) is 10.6. The van der Waals surface area contributed by atoms with Gasteiger partial charge in [-0.1, -0.05) is 0 Å². The van der Waals surface area contributed by atoms with Crippen molar-refractivity contribution in [2.75, 3.05) is 31.7 Å². The Bertz CT molecular complexity index is 346. The molecule has 0 atom stereocenters. The number of nitrogen functional groups attached to an aromatic ring is 1. The van der Waals surface area contributed by atoms with Crippen LogP contribution in [0.4, 0.5) is 11.4 Å². The summed E-state index contributed by atoms with van der Waals surface area (Å²) in [5.74, 6) is 0.0635. The third-order valence-electron chi connectivity index (χ3n) is 2.45. The van der Waals surface area contributed by atoms with Gasteiger partial charge >= 0.3 is 0 Å². The number of rotatable bonds is 6. The van der Waals surface area contributed by atoms with Crippen molar-refractivity contribution in [1.29, 1.82) is 0 Å². The summed E-state index contributed by atoms with van der Waals surface area (Å²) in [5, 5.41) is 2.85. The molecular formula is C13H21N3O. The molecule has 4 nitrogen and oxygen atoms in total. The Kier molecular flexibility index (Phi) is 5.49. The first kappa shape index (κ1) is 13.5. The molecule has 0 aliphatic heterocycles. The molecule has 1 rings (SSSR count). The first-order valence-corrected chi connectivity index (χ1v) is 5.88. The maximum atomic E-state index is 11.6. The molecule has 1 aromatic carbocycles. The molecule has 0 aliphatic rings. The minimum atomic E-state index is 0.0635.